The number of ether oxygens (including phenoxy) is 3. The van der Waals surface area contributed by atoms with Crippen molar-refractivity contribution in [2.24, 2.45) is 5.92 Å². The van der Waals surface area contributed by atoms with E-state index >= 15 is 0 Å². The summed E-state index contributed by atoms with van der Waals surface area (Å²) in [5.74, 6) is 2.49. The summed E-state index contributed by atoms with van der Waals surface area (Å²) in [4.78, 5) is 6.80. The van der Waals surface area contributed by atoms with Crippen LogP contribution in [-0.2, 0) is 17.8 Å². The molecule has 0 unspecified atom stereocenters. The lowest BCUT2D eigenvalue weighted by Crippen LogP contribution is -2.38. The molecule has 6 heteroatoms. The molecule has 0 spiro atoms. The quantitative estimate of drug-likeness (QED) is 0.808. The highest BCUT2D eigenvalue weighted by atomic mass is 16.7. The van der Waals surface area contributed by atoms with Gasteiger partial charge in [-0.15, -0.1) is 0 Å². The van der Waals surface area contributed by atoms with Crippen LogP contribution in [0.4, 0.5) is 0 Å². The van der Waals surface area contributed by atoms with E-state index in [4.69, 9.17) is 14.2 Å². The van der Waals surface area contributed by atoms with Crippen molar-refractivity contribution in [1.82, 2.24) is 14.5 Å². The summed E-state index contributed by atoms with van der Waals surface area (Å²) in [7, 11) is 0. The Balaban J connectivity index is 1.27. The molecule has 0 bridgehead atoms. The molecule has 5 rings (SSSR count). The summed E-state index contributed by atoms with van der Waals surface area (Å²) in [6.45, 7) is 4.76. The first kappa shape index (κ1) is 15.2. The first-order valence-electron chi connectivity index (χ1n) is 9.04. The molecule has 3 heterocycles. The first-order valence-corrected chi connectivity index (χ1v) is 9.04. The molecule has 0 saturated heterocycles. The van der Waals surface area contributed by atoms with E-state index in [1.165, 1.54) is 24.1 Å². The van der Waals surface area contributed by atoms with Gasteiger partial charge in [-0.3, -0.25) is 4.90 Å². The van der Waals surface area contributed by atoms with Gasteiger partial charge < -0.3 is 18.8 Å². The van der Waals surface area contributed by atoms with Crippen molar-refractivity contribution in [3.8, 4) is 11.5 Å². The van der Waals surface area contributed by atoms with Crippen molar-refractivity contribution in [3.05, 3.63) is 42.0 Å². The molecule has 1 aliphatic carbocycles. The molecule has 1 saturated carbocycles. The Labute approximate surface area is 147 Å². The maximum Gasteiger partial charge on any atom is 0.231 e. The molecule has 1 atom stereocenters. The molecule has 6 nitrogen and oxygen atoms in total. The molecule has 0 N–H and O–H groups in total. The van der Waals surface area contributed by atoms with Gasteiger partial charge in [0.1, 0.15) is 0 Å². The van der Waals surface area contributed by atoms with Gasteiger partial charge in [0.25, 0.3) is 0 Å². The second-order valence-corrected chi connectivity index (χ2v) is 7.28. The normalized spacial score (nSPS) is 22.2. The van der Waals surface area contributed by atoms with Crippen molar-refractivity contribution in [2.75, 3.05) is 26.6 Å². The lowest BCUT2D eigenvalue weighted by molar-refractivity contribution is 0.0623. The summed E-state index contributed by atoms with van der Waals surface area (Å²) in [5.41, 5.74) is 2.50. The van der Waals surface area contributed by atoms with Crippen LogP contribution >= 0.6 is 0 Å². The number of benzene rings is 1. The summed E-state index contributed by atoms with van der Waals surface area (Å²) in [6, 6.07) is 6.55. The molecule has 0 radical (unpaired) electrons. The van der Waals surface area contributed by atoms with E-state index in [1.54, 1.807) is 0 Å². The Morgan fingerprint density at radius 1 is 1.16 bits per heavy atom. The van der Waals surface area contributed by atoms with Crippen LogP contribution in [0.15, 0.2) is 30.7 Å². The van der Waals surface area contributed by atoms with Gasteiger partial charge in [-0.2, -0.15) is 0 Å². The van der Waals surface area contributed by atoms with Crippen LogP contribution in [0, 0.1) is 5.92 Å². The lowest BCUT2D eigenvalue weighted by Gasteiger charge is -2.34. The standard InChI is InChI=1S/C19H23N3O3/c1-2-14(1)10-23-11-17-9-21(8-16-6-20-12-22(16)17)7-15-3-4-18-19(5-15)25-13-24-18/h3-6,12,14,17H,1-2,7-11,13H2/t17-/m0/s1. The van der Waals surface area contributed by atoms with Gasteiger partial charge in [0, 0.05) is 32.4 Å². The van der Waals surface area contributed by atoms with Crippen LogP contribution < -0.4 is 9.47 Å². The fraction of sp³-hybridized carbons (Fsp3) is 0.526. The predicted octanol–water partition coefficient (Wildman–Crippen LogP) is 2.60. The molecule has 25 heavy (non-hydrogen) atoms. The highest BCUT2D eigenvalue weighted by Crippen LogP contribution is 2.33. The highest BCUT2D eigenvalue weighted by molar-refractivity contribution is 5.44. The van der Waals surface area contributed by atoms with E-state index in [0.717, 1.165) is 50.3 Å². The third-order valence-corrected chi connectivity index (χ3v) is 5.20. The van der Waals surface area contributed by atoms with Crippen molar-refractivity contribution >= 4 is 0 Å². The van der Waals surface area contributed by atoms with E-state index in [0.29, 0.717) is 12.8 Å². The largest absolute Gasteiger partial charge is 0.454 e. The minimum Gasteiger partial charge on any atom is -0.454 e. The van der Waals surface area contributed by atoms with Gasteiger partial charge in [-0.05, 0) is 36.5 Å². The van der Waals surface area contributed by atoms with Crippen LogP contribution in [0.1, 0.15) is 30.1 Å². The van der Waals surface area contributed by atoms with Crippen molar-refractivity contribution in [2.45, 2.75) is 32.0 Å². The summed E-state index contributed by atoms with van der Waals surface area (Å²) in [5, 5.41) is 0. The number of hydrogen-bond acceptors (Lipinski definition) is 5. The van der Waals surface area contributed by atoms with E-state index in [1.807, 2.05) is 18.6 Å². The summed E-state index contributed by atoms with van der Waals surface area (Å²) >= 11 is 0. The molecule has 3 aliphatic rings. The molecule has 1 fully saturated rings. The maximum absolute atomic E-state index is 5.97. The Morgan fingerprint density at radius 2 is 2.08 bits per heavy atom. The number of hydrogen-bond donors (Lipinski definition) is 0. The number of rotatable bonds is 6. The minimum absolute atomic E-state index is 0.322. The fourth-order valence-corrected chi connectivity index (χ4v) is 3.67. The Kier molecular flexibility index (Phi) is 3.87. The van der Waals surface area contributed by atoms with E-state index in [-0.39, 0.29) is 0 Å². The van der Waals surface area contributed by atoms with Gasteiger partial charge in [0.05, 0.1) is 24.7 Å². The topological polar surface area (TPSA) is 48.8 Å². The number of fused-ring (bicyclic) bond motifs is 2. The fourth-order valence-electron chi connectivity index (χ4n) is 3.67. The zero-order valence-electron chi connectivity index (χ0n) is 14.3. The van der Waals surface area contributed by atoms with Crippen LogP contribution in [0.25, 0.3) is 0 Å². The van der Waals surface area contributed by atoms with Gasteiger partial charge in [0.15, 0.2) is 11.5 Å². The van der Waals surface area contributed by atoms with E-state index in [9.17, 15) is 0 Å². The van der Waals surface area contributed by atoms with Crippen molar-refractivity contribution < 1.29 is 14.2 Å². The van der Waals surface area contributed by atoms with Crippen molar-refractivity contribution in [3.63, 3.8) is 0 Å². The number of aromatic nitrogens is 2. The van der Waals surface area contributed by atoms with Gasteiger partial charge in [0.2, 0.25) is 6.79 Å². The monoisotopic (exact) mass is 341 g/mol. The highest BCUT2D eigenvalue weighted by Gasteiger charge is 2.27. The van der Waals surface area contributed by atoms with Crippen LogP contribution in [0.3, 0.4) is 0 Å². The third-order valence-electron chi connectivity index (χ3n) is 5.20. The molecule has 132 valence electrons. The maximum atomic E-state index is 5.97. The SMILES string of the molecule is c1cc2c(cc1CN1Cc3cncn3[C@H](COCC3CC3)C1)OCO2. The average molecular weight is 341 g/mol. The van der Waals surface area contributed by atoms with Crippen LogP contribution in [-0.4, -0.2) is 41.0 Å². The Bertz CT molecular complexity index is 756. The van der Waals surface area contributed by atoms with Crippen LogP contribution in [0.5, 0.6) is 11.5 Å². The molecular weight excluding hydrogens is 318 g/mol. The first-order chi connectivity index (χ1) is 12.3. The van der Waals surface area contributed by atoms with Gasteiger partial charge in [-0.25, -0.2) is 4.98 Å². The summed E-state index contributed by atoms with van der Waals surface area (Å²) < 4.78 is 19.2. The number of nitrogens with zero attached hydrogens (tertiary/aromatic N) is 3. The zero-order chi connectivity index (χ0) is 16.6. The molecule has 2 aliphatic heterocycles. The van der Waals surface area contributed by atoms with Gasteiger partial charge in [-0.1, -0.05) is 6.07 Å². The Morgan fingerprint density at radius 3 is 3.00 bits per heavy atom. The Hall–Kier alpha value is -2.05. The third kappa shape index (κ3) is 3.24. The predicted molar refractivity (Wildman–Crippen MR) is 91.5 cm³/mol. The zero-order valence-corrected chi connectivity index (χ0v) is 14.3. The van der Waals surface area contributed by atoms with Gasteiger partial charge >= 0.3 is 0 Å². The smallest absolute Gasteiger partial charge is 0.231 e. The second kappa shape index (κ2) is 6.35. The second-order valence-electron chi connectivity index (χ2n) is 7.28. The molecule has 2 aromatic rings. The molecule has 0 amide bonds. The van der Waals surface area contributed by atoms with Crippen molar-refractivity contribution in [1.29, 1.82) is 0 Å². The lowest BCUT2D eigenvalue weighted by atomic mass is 10.1. The summed E-state index contributed by atoms with van der Waals surface area (Å²) in [6.07, 6.45) is 6.58. The van der Waals surface area contributed by atoms with Crippen LogP contribution in [0.2, 0.25) is 0 Å². The average Bonchev–Trinajstić information content (AvgIpc) is 3.12. The molecular formula is C19H23N3O3. The van der Waals surface area contributed by atoms with E-state index < -0.39 is 0 Å². The number of imidazole rings is 1. The minimum atomic E-state index is 0.322. The van der Waals surface area contributed by atoms with E-state index in [2.05, 4.69) is 26.6 Å². The molecule has 1 aromatic heterocycles. The molecule has 1 aromatic carbocycles.